The molecule has 0 amide bonds. The lowest BCUT2D eigenvalue weighted by molar-refractivity contribution is -0.156. The van der Waals surface area contributed by atoms with E-state index in [4.69, 9.17) is 9.47 Å². The summed E-state index contributed by atoms with van der Waals surface area (Å²) in [4.78, 5) is 23.6. The Balaban J connectivity index is 2.07. The molecule has 0 radical (unpaired) electrons. The van der Waals surface area contributed by atoms with E-state index in [1.165, 1.54) is 0 Å². The van der Waals surface area contributed by atoms with Crippen LogP contribution in [0.5, 0.6) is 11.5 Å². The molecule has 0 spiro atoms. The molecule has 2 rings (SSSR count). The maximum absolute atomic E-state index is 11.8. The highest BCUT2D eigenvalue weighted by molar-refractivity contribution is 9.11. The van der Waals surface area contributed by atoms with E-state index in [0.717, 1.165) is 8.95 Å². The van der Waals surface area contributed by atoms with Crippen molar-refractivity contribution in [3.05, 3.63) is 54.3 Å². The Hall–Kier alpha value is -0.700. The van der Waals surface area contributed by atoms with Gasteiger partial charge in [-0.1, -0.05) is 31.9 Å². The summed E-state index contributed by atoms with van der Waals surface area (Å²) >= 11 is 13.0. The van der Waals surface area contributed by atoms with E-state index in [1.54, 1.807) is 36.4 Å². The average molecular weight is 558 g/mol. The number of ether oxygens (including phenoxy) is 2. The zero-order chi connectivity index (χ0) is 16.3. The predicted octanol–water partition coefficient (Wildman–Crippen LogP) is 5.25. The average Bonchev–Trinajstić information content (AvgIpc) is 2.44. The Morgan fingerprint density at radius 1 is 0.682 bits per heavy atom. The van der Waals surface area contributed by atoms with Crippen molar-refractivity contribution in [2.45, 2.75) is 0 Å². The Bertz CT molecular complexity index is 682. The highest BCUT2D eigenvalue weighted by Crippen LogP contribution is 2.30. The number of carbonyl (C=O) groups excluding carboxylic acids is 2. The van der Waals surface area contributed by atoms with E-state index in [2.05, 4.69) is 63.7 Å². The van der Waals surface area contributed by atoms with E-state index in [-0.39, 0.29) is 11.5 Å². The summed E-state index contributed by atoms with van der Waals surface area (Å²) in [5, 5.41) is 0. The second kappa shape index (κ2) is 7.72. The molecule has 0 heterocycles. The largest absolute Gasteiger partial charge is 0.423 e. The minimum atomic E-state index is -1.11. The second-order valence-electron chi connectivity index (χ2n) is 3.93. The van der Waals surface area contributed by atoms with Gasteiger partial charge in [0.1, 0.15) is 11.5 Å². The Morgan fingerprint density at radius 3 is 1.36 bits per heavy atom. The third kappa shape index (κ3) is 4.65. The lowest BCUT2D eigenvalue weighted by Gasteiger charge is -2.08. The van der Waals surface area contributed by atoms with Crippen LogP contribution in [-0.4, -0.2) is 11.9 Å². The van der Waals surface area contributed by atoms with Gasteiger partial charge in [0, 0.05) is 8.95 Å². The summed E-state index contributed by atoms with van der Waals surface area (Å²) in [5.41, 5.74) is 0. The van der Waals surface area contributed by atoms with Crippen molar-refractivity contribution >= 4 is 75.7 Å². The Labute approximate surface area is 159 Å². The smallest absolute Gasteiger partial charge is 0.417 e. The van der Waals surface area contributed by atoms with E-state index in [1.807, 2.05) is 0 Å². The number of rotatable bonds is 2. The molecule has 0 atom stereocenters. The molecule has 0 aromatic heterocycles. The third-order valence-corrected chi connectivity index (χ3v) is 4.59. The Morgan fingerprint density at radius 2 is 1.05 bits per heavy atom. The van der Waals surface area contributed by atoms with Crippen molar-refractivity contribution in [3.8, 4) is 11.5 Å². The molecule has 0 aliphatic carbocycles. The summed E-state index contributed by atoms with van der Waals surface area (Å²) < 4.78 is 12.7. The maximum atomic E-state index is 11.8. The SMILES string of the molecule is O=C(Oc1ccc(Br)cc1Br)C(=O)Oc1ccc(Br)cc1Br. The van der Waals surface area contributed by atoms with Gasteiger partial charge in [-0.05, 0) is 68.3 Å². The van der Waals surface area contributed by atoms with Crippen LogP contribution in [0.15, 0.2) is 54.3 Å². The van der Waals surface area contributed by atoms with E-state index < -0.39 is 11.9 Å². The number of hydrogen-bond acceptors (Lipinski definition) is 4. The van der Waals surface area contributed by atoms with E-state index in [0.29, 0.717) is 8.95 Å². The molecule has 0 saturated carbocycles. The van der Waals surface area contributed by atoms with Crippen LogP contribution in [0.3, 0.4) is 0 Å². The summed E-state index contributed by atoms with van der Waals surface area (Å²) in [6.45, 7) is 0. The fourth-order valence-corrected chi connectivity index (χ4v) is 3.66. The van der Waals surface area contributed by atoms with Gasteiger partial charge >= 0.3 is 11.9 Å². The first-order valence-electron chi connectivity index (χ1n) is 5.71. The number of halogens is 4. The molecule has 0 bridgehead atoms. The van der Waals surface area contributed by atoms with Crippen molar-refractivity contribution < 1.29 is 19.1 Å². The highest BCUT2D eigenvalue weighted by Gasteiger charge is 2.21. The van der Waals surface area contributed by atoms with Gasteiger partial charge in [-0.15, -0.1) is 0 Å². The summed E-state index contributed by atoms with van der Waals surface area (Å²) in [5.74, 6) is -1.78. The maximum Gasteiger partial charge on any atom is 0.423 e. The van der Waals surface area contributed by atoms with Crippen molar-refractivity contribution in [3.63, 3.8) is 0 Å². The van der Waals surface area contributed by atoms with Gasteiger partial charge in [-0.3, -0.25) is 0 Å². The monoisotopic (exact) mass is 554 g/mol. The van der Waals surface area contributed by atoms with Crippen LogP contribution in [0.2, 0.25) is 0 Å². The number of esters is 2. The summed E-state index contributed by atoms with van der Waals surface area (Å²) in [6, 6.07) is 9.86. The standard InChI is InChI=1S/C14H6Br4O4/c15-7-1-3-11(9(17)5-7)21-13(19)14(20)22-12-4-2-8(16)6-10(12)18/h1-6H. The molecule has 0 N–H and O–H groups in total. The summed E-state index contributed by atoms with van der Waals surface area (Å²) in [6.07, 6.45) is 0. The number of benzene rings is 2. The molecule has 22 heavy (non-hydrogen) atoms. The number of carbonyl (C=O) groups is 2. The fraction of sp³-hybridized carbons (Fsp3) is 0. The third-order valence-electron chi connectivity index (χ3n) is 2.36. The predicted molar refractivity (Wildman–Crippen MR) is 95.0 cm³/mol. The Kier molecular flexibility index (Phi) is 6.19. The van der Waals surface area contributed by atoms with Gasteiger partial charge in [-0.2, -0.15) is 0 Å². The van der Waals surface area contributed by atoms with Crippen LogP contribution >= 0.6 is 63.7 Å². The normalized spacial score (nSPS) is 10.2. The fourth-order valence-electron chi connectivity index (χ4n) is 1.40. The quantitative estimate of drug-likeness (QED) is 0.288. The number of hydrogen-bond donors (Lipinski definition) is 0. The molecule has 114 valence electrons. The topological polar surface area (TPSA) is 52.6 Å². The zero-order valence-corrected chi connectivity index (χ0v) is 17.0. The first kappa shape index (κ1) is 17.7. The van der Waals surface area contributed by atoms with Crippen molar-refractivity contribution in [1.29, 1.82) is 0 Å². The molecule has 0 fully saturated rings. The highest BCUT2D eigenvalue weighted by atomic mass is 79.9. The lowest BCUT2D eigenvalue weighted by atomic mass is 10.3. The first-order chi connectivity index (χ1) is 10.4. The van der Waals surface area contributed by atoms with Gasteiger partial charge in [-0.25, -0.2) is 9.59 Å². The molecule has 0 saturated heterocycles. The molecular formula is C14H6Br4O4. The lowest BCUT2D eigenvalue weighted by Crippen LogP contribution is -2.25. The minimum Gasteiger partial charge on any atom is -0.417 e. The zero-order valence-electron chi connectivity index (χ0n) is 10.6. The van der Waals surface area contributed by atoms with Gasteiger partial charge in [0.2, 0.25) is 0 Å². The van der Waals surface area contributed by atoms with Crippen LogP contribution in [0.1, 0.15) is 0 Å². The molecular weight excluding hydrogens is 552 g/mol. The summed E-state index contributed by atoms with van der Waals surface area (Å²) in [7, 11) is 0. The van der Waals surface area contributed by atoms with Gasteiger partial charge < -0.3 is 9.47 Å². The van der Waals surface area contributed by atoms with Crippen LogP contribution in [-0.2, 0) is 9.59 Å². The van der Waals surface area contributed by atoms with Gasteiger partial charge in [0.15, 0.2) is 0 Å². The molecule has 2 aromatic rings. The van der Waals surface area contributed by atoms with Gasteiger partial charge in [0.05, 0.1) is 8.95 Å². The molecule has 2 aromatic carbocycles. The van der Waals surface area contributed by atoms with Crippen molar-refractivity contribution in [2.24, 2.45) is 0 Å². The minimum absolute atomic E-state index is 0.222. The van der Waals surface area contributed by atoms with Crippen molar-refractivity contribution in [2.75, 3.05) is 0 Å². The van der Waals surface area contributed by atoms with Crippen LogP contribution < -0.4 is 9.47 Å². The van der Waals surface area contributed by atoms with Crippen LogP contribution in [0, 0.1) is 0 Å². The second-order valence-corrected chi connectivity index (χ2v) is 7.47. The molecule has 8 heteroatoms. The first-order valence-corrected chi connectivity index (χ1v) is 8.88. The van der Waals surface area contributed by atoms with Crippen LogP contribution in [0.4, 0.5) is 0 Å². The van der Waals surface area contributed by atoms with Crippen LogP contribution in [0.25, 0.3) is 0 Å². The molecule has 4 nitrogen and oxygen atoms in total. The molecule has 0 unspecified atom stereocenters. The molecule has 0 aliphatic heterocycles. The van der Waals surface area contributed by atoms with Crippen molar-refractivity contribution in [1.82, 2.24) is 0 Å². The van der Waals surface area contributed by atoms with E-state index in [9.17, 15) is 9.59 Å². The van der Waals surface area contributed by atoms with E-state index >= 15 is 0 Å². The molecule has 0 aliphatic rings. The van der Waals surface area contributed by atoms with Gasteiger partial charge in [0.25, 0.3) is 0 Å².